The highest BCUT2D eigenvalue weighted by molar-refractivity contribution is 4.78. The fourth-order valence-electron chi connectivity index (χ4n) is 2.06. The third-order valence-corrected chi connectivity index (χ3v) is 3.24. The molecule has 1 spiro atoms. The maximum absolute atomic E-state index is 4.92. The molecule has 2 aliphatic rings. The van der Waals surface area contributed by atoms with Crippen LogP contribution in [0.4, 0.5) is 0 Å². The summed E-state index contributed by atoms with van der Waals surface area (Å²) in [7, 11) is 0. The molecule has 2 fully saturated rings. The molecular formula is C12H22O4. The summed E-state index contributed by atoms with van der Waals surface area (Å²) in [4.78, 5) is 19.1. The number of hydrogen-bond acceptors (Lipinski definition) is 4. The molecule has 0 aliphatic carbocycles. The highest BCUT2D eigenvalue weighted by Gasteiger charge is 2.68. The van der Waals surface area contributed by atoms with E-state index in [0.29, 0.717) is 0 Å². The fourth-order valence-corrected chi connectivity index (χ4v) is 2.06. The Balaban J connectivity index is 1.36. The summed E-state index contributed by atoms with van der Waals surface area (Å²) in [5.41, 5.74) is 0. The van der Waals surface area contributed by atoms with Gasteiger partial charge >= 0.3 is 5.97 Å². The van der Waals surface area contributed by atoms with E-state index in [-0.39, 0.29) is 6.10 Å². The lowest BCUT2D eigenvalue weighted by Gasteiger charge is -2.27. The minimum absolute atomic E-state index is 0.00686. The summed E-state index contributed by atoms with van der Waals surface area (Å²) >= 11 is 0. The van der Waals surface area contributed by atoms with E-state index in [1.54, 1.807) is 0 Å². The van der Waals surface area contributed by atoms with Gasteiger partial charge in [-0.1, -0.05) is 58.3 Å². The molecule has 0 radical (unpaired) electrons. The highest BCUT2D eigenvalue weighted by Crippen LogP contribution is 2.46. The molecule has 4 heteroatoms. The van der Waals surface area contributed by atoms with Crippen molar-refractivity contribution in [3.63, 3.8) is 0 Å². The quantitative estimate of drug-likeness (QED) is 0.345. The summed E-state index contributed by atoms with van der Waals surface area (Å²) < 4.78 is 0. The van der Waals surface area contributed by atoms with Crippen molar-refractivity contribution in [3.8, 4) is 0 Å². The molecular weight excluding hydrogens is 208 g/mol. The van der Waals surface area contributed by atoms with Crippen molar-refractivity contribution in [1.29, 1.82) is 0 Å². The Morgan fingerprint density at radius 3 is 1.94 bits per heavy atom. The first-order chi connectivity index (χ1) is 7.87. The smallest absolute Gasteiger partial charge is 0.219 e. The first-order valence-corrected chi connectivity index (χ1v) is 6.59. The average Bonchev–Trinajstić information content (AvgIpc) is 3.07. The summed E-state index contributed by atoms with van der Waals surface area (Å²) in [5.74, 6) is -0.791. The van der Waals surface area contributed by atoms with Crippen molar-refractivity contribution in [1.82, 2.24) is 0 Å². The number of hydrogen-bond donors (Lipinski definition) is 0. The molecule has 2 rings (SSSR count). The van der Waals surface area contributed by atoms with Crippen LogP contribution in [0.2, 0.25) is 0 Å². The number of unbranched alkanes of at least 4 members (excludes halogenated alkanes) is 7. The lowest BCUT2D eigenvalue weighted by Crippen LogP contribution is -2.46. The van der Waals surface area contributed by atoms with Crippen LogP contribution in [0, 0.1) is 0 Å². The zero-order valence-corrected chi connectivity index (χ0v) is 10.1. The summed E-state index contributed by atoms with van der Waals surface area (Å²) in [6, 6.07) is 0. The van der Waals surface area contributed by atoms with Gasteiger partial charge in [0.1, 0.15) is 0 Å². The monoisotopic (exact) mass is 230 g/mol. The van der Waals surface area contributed by atoms with Crippen LogP contribution >= 0.6 is 0 Å². The third-order valence-electron chi connectivity index (χ3n) is 3.24. The van der Waals surface area contributed by atoms with Crippen molar-refractivity contribution >= 4 is 0 Å². The molecule has 0 bridgehead atoms. The largest absolute Gasteiger partial charge is 0.394 e. The molecule has 1 atom stereocenters. The second-order valence-electron chi connectivity index (χ2n) is 4.70. The Hall–Kier alpha value is -0.160. The predicted molar refractivity (Wildman–Crippen MR) is 58.1 cm³/mol. The Morgan fingerprint density at radius 2 is 1.44 bits per heavy atom. The first kappa shape index (κ1) is 12.3. The van der Waals surface area contributed by atoms with Crippen molar-refractivity contribution in [2.24, 2.45) is 0 Å². The van der Waals surface area contributed by atoms with Gasteiger partial charge in [0, 0.05) is 0 Å². The Labute approximate surface area is 97.1 Å². The maximum atomic E-state index is 4.92. The second-order valence-corrected chi connectivity index (χ2v) is 4.70. The van der Waals surface area contributed by atoms with Gasteiger partial charge in [-0.05, 0) is 6.42 Å². The topological polar surface area (TPSA) is 43.5 Å². The van der Waals surface area contributed by atoms with Gasteiger partial charge in [-0.15, -0.1) is 0 Å². The van der Waals surface area contributed by atoms with E-state index in [1.807, 2.05) is 0 Å². The first-order valence-electron chi connectivity index (χ1n) is 6.59. The van der Waals surface area contributed by atoms with Crippen LogP contribution in [0.1, 0.15) is 64.7 Å². The van der Waals surface area contributed by atoms with E-state index in [4.69, 9.17) is 19.6 Å². The van der Waals surface area contributed by atoms with E-state index in [2.05, 4.69) is 6.92 Å². The molecule has 2 aliphatic heterocycles. The molecule has 0 amide bonds. The summed E-state index contributed by atoms with van der Waals surface area (Å²) in [6.45, 7) is 2.25. The molecule has 0 N–H and O–H groups in total. The van der Waals surface area contributed by atoms with E-state index < -0.39 is 5.97 Å². The second kappa shape index (κ2) is 5.96. The van der Waals surface area contributed by atoms with Crippen molar-refractivity contribution in [3.05, 3.63) is 0 Å². The summed E-state index contributed by atoms with van der Waals surface area (Å²) in [6.07, 6.45) is 11.5. The Kier molecular flexibility index (Phi) is 4.58. The van der Waals surface area contributed by atoms with Gasteiger partial charge in [-0.3, -0.25) is 0 Å². The van der Waals surface area contributed by atoms with Crippen LogP contribution in [0.25, 0.3) is 0 Å². The molecule has 0 aromatic rings. The van der Waals surface area contributed by atoms with Crippen LogP contribution < -0.4 is 0 Å². The van der Waals surface area contributed by atoms with Crippen LogP contribution in [-0.2, 0) is 19.6 Å². The number of rotatable bonds is 9. The van der Waals surface area contributed by atoms with Crippen molar-refractivity contribution < 1.29 is 19.6 Å². The lowest BCUT2D eigenvalue weighted by atomic mass is 10.0. The van der Waals surface area contributed by atoms with E-state index in [0.717, 1.165) is 12.8 Å². The molecule has 0 aromatic heterocycles. The van der Waals surface area contributed by atoms with Crippen LogP contribution in [0.15, 0.2) is 0 Å². The van der Waals surface area contributed by atoms with E-state index >= 15 is 0 Å². The molecule has 94 valence electrons. The minimum Gasteiger partial charge on any atom is -0.219 e. The normalized spacial score (nSPS) is 25.7. The van der Waals surface area contributed by atoms with Crippen LogP contribution in [0.5, 0.6) is 0 Å². The van der Waals surface area contributed by atoms with E-state index in [1.165, 1.54) is 44.9 Å². The summed E-state index contributed by atoms with van der Waals surface area (Å²) in [5, 5.41) is 0. The predicted octanol–water partition coefficient (Wildman–Crippen LogP) is 3.46. The van der Waals surface area contributed by atoms with Gasteiger partial charge in [0.05, 0.1) is 0 Å². The molecule has 16 heavy (non-hydrogen) atoms. The van der Waals surface area contributed by atoms with Crippen LogP contribution in [-0.4, -0.2) is 12.1 Å². The molecule has 2 saturated heterocycles. The molecule has 0 saturated carbocycles. The molecule has 0 aromatic carbocycles. The zero-order chi connectivity index (χ0) is 11.3. The van der Waals surface area contributed by atoms with Gasteiger partial charge in [0.2, 0.25) is 0 Å². The van der Waals surface area contributed by atoms with E-state index in [9.17, 15) is 0 Å². The molecule has 2 heterocycles. The minimum atomic E-state index is -0.791. The van der Waals surface area contributed by atoms with Gasteiger partial charge in [0.15, 0.2) is 6.10 Å². The molecule has 1 unspecified atom stereocenters. The Bertz CT molecular complexity index is 203. The van der Waals surface area contributed by atoms with Crippen molar-refractivity contribution in [2.45, 2.75) is 76.8 Å². The molecule has 4 nitrogen and oxygen atoms in total. The Morgan fingerprint density at radius 1 is 0.812 bits per heavy atom. The van der Waals surface area contributed by atoms with Gasteiger partial charge < -0.3 is 0 Å². The third kappa shape index (κ3) is 3.17. The standard InChI is InChI=1S/C12H22O4/c1-2-3-4-5-6-7-8-9-10-11-12(14-13-11)15-16-12/h11H,2-10H2,1H3. The van der Waals surface area contributed by atoms with Gasteiger partial charge in [0.25, 0.3) is 0 Å². The fraction of sp³-hybridized carbons (Fsp3) is 1.00. The van der Waals surface area contributed by atoms with Crippen LogP contribution in [0.3, 0.4) is 0 Å². The van der Waals surface area contributed by atoms with Gasteiger partial charge in [-0.25, -0.2) is 4.89 Å². The zero-order valence-electron chi connectivity index (χ0n) is 10.1. The van der Waals surface area contributed by atoms with Gasteiger partial charge in [-0.2, -0.15) is 14.7 Å². The SMILES string of the molecule is CCCCCCCCCCC1OOC12OO2. The average molecular weight is 230 g/mol. The maximum Gasteiger partial charge on any atom is 0.394 e. The van der Waals surface area contributed by atoms with Crippen molar-refractivity contribution in [2.75, 3.05) is 0 Å². The lowest BCUT2D eigenvalue weighted by molar-refractivity contribution is -0.516. The highest BCUT2D eigenvalue weighted by atomic mass is 17.5.